The van der Waals surface area contributed by atoms with Crippen LogP contribution >= 0.6 is 11.3 Å². The van der Waals surface area contributed by atoms with E-state index in [4.69, 9.17) is 4.98 Å². The lowest BCUT2D eigenvalue weighted by molar-refractivity contribution is 1.29. The maximum Gasteiger partial charge on any atom is 0.124 e. The fourth-order valence-corrected chi connectivity index (χ4v) is 6.78. The summed E-state index contributed by atoms with van der Waals surface area (Å²) in [6.07, 6.45) is 0. The lowest BCUT2D eigenvalue weighted by atomic mass is 10.0. The van der Waals surface area contributed by atoms with Crippen LogP contribution in [-0.4, -0.2) is 4.98 Å². The second-order valence-electron chi connectivity index (χ2n) is 10.9. The average Bonchev–Trinajstić information content (AvgIpc) is 3.54. The van der Waals surface area contributed by atoms with Crippen molar-refractivity contribution >= 4 is 49.4 Å². The molecule has 0 aliphatic rings. The Morgan fingerprint density at radius 2 is 0.864 bits per heavy atom. The predicted octanol–water partition coefficient (Wildman–Crippen LogP) is 11.9. The van der Waals surface area contributed by atoms with Gasteiger partial charge in [-0.05, 0) is 87.6 Å². The van der Waals surface area contributed by atoms with E-state index in [9.17, 15) is 0 Å². The monoisotopic (exact) mass is 580 g/mol. The van der Waals surface area contributed by atoms with Gasteiger partial charge in [-0.25, -0.2) is 4.98 Å². The summed E-state index contributed by atoms with van der Waals surface area (Å²) >= 11 is 1.74. The molecule has 8 rings (SSSR count). The van der Waals surface area contributed by atoms with E-state index in [0.29, 0.717) is 0 Å². The van der Waals surface area contributed by atoms with Gasteiger partial charge in [-0.2, -0.15) is 0 Å². The summed E-state index contributed by atoms with van der Waals surface area (Å²) in [5.41, 5.74) is 10.4. The van der Waals surface area contributed by atoms with Gasteiger partial charge < -0.3 is 4.90 Å². The highest BCUT2D eigenvalue weighted by Gasteiger charge is 2.15. The summed E-state index contributed by atoms with van der Waals surface area (Å²) in [5.74, 6) is 0. The molecule has 0 aliphatic carbocycles. The van der Waals surface area contributed by atoms with Gasteiger partial charge in [0.15, 0.2) is 0 Å². The molecule has 0 bridgehead atoms. The Labute approximate surface area is 261 Å². The molecule has 3 heteroatoms. The smallest absolute Gasteiger partial charge is 0.124 e. The van der Waals surface area contributed by atoms with Gasteiger partial charge >= 0.3 is 0 Å². The quantitative estimate of drug-likeness (QED) is 0.194. The molecule has 0 saturated heterocycles. The number of anilines is 3. The number of fused-ring (bicyclic) bond motifs is 2. The Morgan fingerprint density at radius 3 is 1.48 bits per heavy atom. The van der Waals surface area contributed by atoms with E-state index in [1.54, 1.807) is 11.3 Å². The Kier molecular flexibility index (Phi) is 6.71. The molecule has 0 atom stereocenters. The Balaban J connectivity index is 1.19. The molecule has 0 N–H and O–H groups in total. The van der Waals surface area contributed by atoms with Crippen LogP contribution in [0.5, 0.6) is 0 Å². The maximum atomic E-state index is 4.88. The first kappa shape index (κ1) is 26.1. The fraction of sp³-hybridized carbons (Fsp3) is 0. The summed E-state index contributed by atoms with van der Waals surface area (Å²) in [4.78, 5) is 7.22. The third-order valence-corrected chi connectivity index (χ3v) is 9.17. The van der Waals surface area contributed by atoms with Crippen LogP contribution in [0.15, 0.2) is 170 Å². The second kappa shape index (κ2) is 11.3. The molecule has 0 amide bonds. The van der Waals surface area contributed by atoms with Crippen molar-refractivity contribution in [1.82, 2.24) is 4.98 Å². The number of aromatic nitrogens is 1. The van der Waals surface area contributed by atoms with Crippen LogP contribution in [0.4, 0.5) is 17.1 Å². The SMILES string of the molecule is c1ccc(-c2ccc(N(c3ccc(-c4ccccc4)cc3)c3ccc4cc(-c5nc6ccccc6s5)ccc4c3)cc2)cc1. The number of rotatable bonds is 6. The number of hydrogen-bond acceptors (Lipinski definition) is 3. The zero-order chi connectivity index (χ0) is 29.3. The van der Waals surface area contributed by atoms with E-state index in [2.05, 4.69) is 169 Å². The molecule has 1 heterocycles. The summed E-state index contributed by atoms with van der Waals surface area (Å²) in [6.45, 7) is 0. The molecule has 7 aromatic carbocycles. The van der Waals surface area contributed by atoms with E-state index in [-0.39, 0.29) is 0 Å². The molecule has 44 heavy (non-hydrogen) atoms. The number of benzene rings is 7. The fourth-order valence-electron chi connectivity index (χ4n) is 5.82. The van der Waals surface area contributed by atoms with E-state index >= 15 is 0 Å². The van der Waals surface area contributed by atoms with Crippen molar-refractivity contribution in [1.29, 1.82) is 0 Å². The first-order chi connectivity index (χ1) is 21.8. The van der Waals surface area contributed by atoms with Crippen molar-refractivity contribution < 1.29 is 0 Å². The van der Waals surface area contributed by atoms with Crippen molar-refractivity contribution in [2.75, 3.05) is 4.90 Å². The third kappa shape index (κ3) is 5.04. The third-order valence-electron chi connectivity index (χ3n) is 8.09. The van der Waals surface area contributed by atoms with E-state index in [1.807, 2.05) is 6.07 Å². The lowest BCUT2D eigenvalue weighted by Crippen LogP contribution is -2.09. The van der Waals surface area contributed by atoms with Crippen molar-refractivity contribution in [3.63, 3.8) is 0 Å². The predicted molar refractivity (Wildman–Crippen MR) is 188 cm³/mol. The molecular formula is C41H28N2S. The highest BCUT2D eigenvalue weighted by atomic mass is 32.1. The lowest BCUT2D eigenvalue weighted by Gasteiger charge is -2.26. The normalized spacial score (nSPS) is 11.2. The standard InChI is InChI=1S/C41H28N2S/c1-3-9-29(10-4-1)31-17-22-36(23-18-31)43(37-24-19-32(20-25-37)30-11-5-2-6-12-30)38-26-21-33-27-35(16-15-34(33)28-38)41-42-39-13-7-8-14-40(39)44-41/h1-28H. The minimum Gasteiger partial charge on any atom is -0.310 e. The van der Waals surface area contributed by atoms with Gasteiger partial charge in [0.2, 0.25) is 0 Å². The highest BCUT2D eigenvalue weighted by Crippen LogP contribution is 2.39. The molecule has 8 aromatic rings. The van der Waals surface area contributed by atoms with Crippen LogP contribution in [0.1, 0.15) is 0 Å². The first-order valence-electron chi connectivity index (χ1n) is 14.8. The van der Waals surface area contributed by atoms with Gasteiger partial charge in [0.05, 0.1) is 10.2 Å². The molecule has 0 radical (unpaired) electrons. The number of thiazole rings is 1. The van der Waals surface area contributed by atoms with Crippen LogP contribution in [0.25, 0.3) is 53.8 Å². The number of nitrogens with zero attached hydrogens (tertiary/aromatic N) is 2. The summed E-state index contributed by atoms with van der Waals surface area (Å²) in [6, 6.07) is 60.5. The molecule has 2 nitrogen and oxygen atoms in total. The van der Waals surface area contributed by atoms with E-state index in [0.717, 1.165) is 33.1 Å². The van der Waals surface area contributed by atoms with Crippen LogP contribution < -0.4 is 4.90 Å². The summed E-state index contributed by atoms with van der Waals surface area (Å²) < 4.78 is 1.21. The van der Waals surface area contributed by atoms with Gasteiger partial charge in [0, 0.05) is 22.6 Å². The van der Waals surface area contributed by atoms with Crippen molar-refractivity contribution in [3.8, 4) is 32.8 Å². The van der Waals surface area contributed by atoms with Crippen molar-refractivity contribution in [2.24, 2.45) is 0 Å². The molecule has 0 aliphatic heterocycles. The topological polar surface area (TPSA) is 16.1 Å². The average molecular weight is 581 g/mol. The van der Waals surface area contributed by atoms with Gasteiger partial charge in [0.1, 0.15) is 5.01 Å². The van der Waals surface area contributed by atoms with E-state index < -0.39 is 0 Å². The van der Waals surface area contributed by atoms with Gasteiger partial charge in [-0.3, -0.25) is 0 Å². The second-order valence-corrected chi connectivity index (χ2v) is 11.9. The minimum atomic E-state index is 1.05. The Bertz CT molecular complexity index is 2080. The molecular weight excluding hydrogens is 553 g/mol. The van der Waals surface area contributed by atoms with E-state index in [1.165, 1.54) is 37.7 Å². The maximum absolute atomic E-state index is 4.88. The molecule has 0 unspecified atom stereocenters. The Hall–Kier alpha value is -5.51. The molecule has 208 valence electrons. The first-order valence-corrected chi connectivity index (χ1v) is 15.6. The number of para-hydroxylation sites is 1. The summed E-state index contributed by atoms with van der Waals surface area (Å²) in [5, 5.41) is 3.44. The Morgan fingerprint density at radius 1 is 0.386 bits per heavy atom. The zero-order valence-corrected chi connectivity index (χ0v) is 24.8. The highest BCUT2D eigenvalue weighted by molar-refractivity contribution is 7.21. The van der Waals surface area contributed by atoms with Crippen LogP contribution in [0.2, 0.25) is 0 Å². The van der Waals surface area contributed by atoms with Crippen molar-refractivity contribution in [3.05, 3.63) is 170 Å². The molecule has 0 fully saturated rings. The van der Waals surface area contributed by atoms with Gasteiger partial charge in [-0.1, -0.05) is 115 Å². The zero-order valence-electron chi connectivity index (χ0n) is 24.0. The molecule has 0 spiro atoms. The van der Waals surface area contributed by atoms with Crippen LogP contribution in [-0.2, 0) is 0 Å². The van der Waals surface area contributed by atoms with Crippen LogP contribution in [0.3, 0.4) is 0 Å². The van der Waals surface area contributed by atoms with Crippen LogP contribution in [0, 0.1) is 0 Å². The number of hydrogen-bond donors (Lipinski definition) is 0. The van der Waals surface area contributed by atoms with Crippen molar-refractivity contribution in [2.45, 2.75) is 0 Å². The largest absolute Gasteiger partial charge is 0.310 e. The molecule has 0 saturated carbocycles. The molecule has 1 aromatic heterocycles. The minimum absolute atomic E-state index is 1.05. The summed E-state index contributed by atoms with van der Waals surface area (Å²) in [7, 11) is 0. The van der Waals surface area contributed by atoms with Gasteiger partial charge in [0.25, 0.3) is 0 Å². The van der Waals surface area contributed by atoms with Gasteiger partial charge in [-0.15, -0.1) is 11.3 Å².